The average molecular weight is 235 g/mol. The Bertz CT molecular complexity index is 289. The number of hydrogen-bond acceptors (Lipinski definition) is 4. The van der Waals surface area contributed by atoms with E-state index in [9.17, 15) is 9.00 Å². The highest BCUT2D eigenvalue weighted by molar-refractivity contribution is 7.84. The second-order valence-corrected chi connectivity index (χ2v) is 5.20. The van der Waals surface area contributed by atoms with Crippen LogP contribution in [0, 0.1) is 5.41 Å². The van der Waals surface area contributed by atoms with E-state index in [1.165, 1.54) is 0 Å². The summed E-state index contributed by atoms with van der Waals surface area (Å²) in [5.41, 5.74) is 4.30. The molecule has 0 fully saturated rings. The van der Waals surface area contributed by atoms with Crippen molar-refractivity contribution < 1.29 is 14.2 Å². The van der Waals surface area contributed by atoms with E-state index in [0.29, 0.717) is 12.3 Å². The molecule has 1 atom stereocenters. The van der Waals surface area contributed by atoms with E-state index in [0.717, 1.165) is 0 Å². The summed E-state index contributed by atoms with van der Waals surface area (Å²) >= 11 is 0. The molecule has 0 aliphatic carbocycles. The molecule has 0 aromatic carbocycles. The molecule has 0 aromatic rings. The highest BCUT2D eigenvalue weighted by atomic mass is 32.2. The van der Waals surface area contributed by atoms with E-state index < -0.39 is 16.2 Å². The van der Waals surface area contributed by atoms with Crippen LogP contribution in [-0.2, 0) is 15.6 Å². The fourth-order valence-corrected chi connectivity index (χ4v) is 1.16. The van der Waals surface area contributed by atoms with Gasteiger partial charge < -0.3 is 16.3 Å². The fraction of sp³-hybridized carbons (Fsp3) is 0.750. The number of hydrogen-bond donors (Lipinski definition) is 3. The Balaban J connectivity index is 4.26. The van der Waals surface area contributed by atoms with Gasteiger partial charge in [0.1, 0.15) is 5.41 Å². The third kappa shape index (κ3) is 4.28. The fourth-order valence-electron chi connectivity index (χ4n) is 0.771. The summed E-state index contributed by atoms with van der Waals surface area (Å²) in [7, 11) is -0.947. The lowest BCUT2D eigenvalue weighted by molar-refractivity contribution is -0.126. The van der Waals surface area contributed by atoms with Gasteiger partial charge in [0, 0.05) is 29.4 Å². The molecule has 0 aliphatic heterocycles. The number of amides is 1. The first-order chi connectivity index (χ1) is 6.82. The van der Waals surface area contributed by atoms with Gasteiger partial charge in [-0.05, 0) is 13.8 Å². The molecule has 4 N–H and O–H groups in total. The number of carbonyl (C=O) groups excluding carboxylic acids is 1. The highest BCUT2D eigenvalue weighted by Gasteiger charge is 2.32. The zero-order valence-electron chi connectivity index (χ0n) is 9.11. The number of nitrogens with one attached hydrogen (secondary N) is 1. The maximum atomic E-state index is 11.6. The maximum absolute atomic E-state index is 11.6. The monoisotopic (exact) mass is 235 g/mol. The standard InChI is InChI=1S/C8H17N3O3S/c1-8(2,6(9)11-13)7(12)10-4-5-15(3)14/h13H,4-5H2,1-3H3,(H2,9,11)(H,10,12). The molecular weight excluding hydrogens is 218 g/mol. The molecule has 0 heterocycles. The van der Waals surface area contributed by atoms with E-state index in [4.69, 9.17) is 10.9 Å². The molecular formula is C8H17N3O3S. The van der Waals surface area contributed by atoms with Crippen LogP contribution in [-0.4, -0.2) is 39.7 Å². The van der Waals surface area contributed by atoms with Gasteiger partial charge in [0.05, 0.1) is 0 Å². The zero-order valence-corrected chi connectivity index (χ0v) is 9.93. The van der Waals surface area contributed by atoms with E-state index in [2.05, 4.69) is 10.5 Å². The second-order valence-electron chi connectivity index (χ2n) is 3.64. The van der Waals surface area contributed by atoms with Crippen LogP contribution in [0.1, 0.15) is 13.8 Å². The summed E-state index contributed by atoms with van der Waals surface area (Å²) in [5, 5.41) is 13.8. The van der Waals surface area contributed by atoms with E-state index in [-0.39, 0.29) is 11.7 Å². The summed E-state index contributed by atoms with van der Waals surface area (Å²) in [5.74, 6) is -0.126. The molecule has 0 aromatic heterocycles. The van der Waals surface area contributed by atoms with Gasteiger partial charge in [0.2, 0.25) is 5.91 Å². The van der Waals surface area contributed by atoms with E-state index in [1.54, 1.807) is 20.1 Å². The predicted octanol–water partition coefficient (Wildman–Crippen LogP) is -0.746. The van der Waals surface area contributed by atoms with Gasteiger partial charge in [-0.1, -0.05) is 5.16 Å². The van der Waals surface area contributed by atoms with Crippen LogP contribution >= 0.6 is 0 Å². The molecule has 0 rings (SSSR count). The molecule has 0 saturated carbocycles. The van der Waals surface area contributed by atoms with Crippen LogP contribution in [0.25, 0.3) is 0 Å². The third-order valence-corrected chi connectivity index (χ3v) is 2.77. The highest BCUT2D eigenvalue weighted by Crippen LogP contribution is 2.14. The molecule has 0 bridgehead atoms. The largest absolute Gasteiger partial charge is 0.409 e. The van der Waals surface area contributed by atoms with Crippen LogP contribution < -0.4 is 11.1 Å². The Morgan fingerprint density at radius 1 is 1.60 bits per heavy atom. The lowest BCUT2D eigenvalue weighted by atomic mass is 9.91. The van der Waals surface area contributed by atoms with Crippen LogP contribution in [0.15, 0.2) is 5.16 Å². The Morgan fingerprint density at radius 2 is 2.13 bits per heavy atom. The minimum absolute atomic E-state index is 0.155. The van der Waals surface area contributed by atoms with E-state index in [1.807, 2.05) is 0 Å². The molecule has 1 unspecified atom stereocenters. The first kappa shape index (κ1) is 13.9. The van der Waals surface area contributed by atoms with Crippen LogP contribution in [0.3, 0.4) is 0 Å². The Hall–Kier alpha value is -1.11. The summed E-state index contributed by atoms with van der Waals surface area (Å²) < 4.78 is 10.7. The van der Waals surface area contributed by atoms with Gasteiger partial charge in [-0.15, -0.1) is 0 Å². The average Bonchev–Trinajstić information content (AvgIpc) is 2.15. The Labute approximate surface area is 91.4 Å². The SMILES string of the molecule is CS(=O)CCNC(=O)C(C)(C)C(N)=NO. The topological polar surface area (TPSA) is 105 Å². The van der Waals surface area contributed by atoms with Gasteiger partial charge in [0.15, 0.2) is 5.84 Å². The van der Waals surface area contributed by atoms with Crippen molar-refractivity contribution in [2.75, 3.05) is 18.6 Å². The summed E-state index contributed by atoms with van der Waals surface area (Å²) in [6, 6.07) is 0. The molecule has 0 spiro atoms. The molecule has 0 radical (unpaired) electrons. The predicted molar refractivity (Wildman–Crippen MR) is 59.1 cm³/mol. The van der Waals surface area contributed by atoms with E-state index >= 15 is 0 Å². The maximum Gasteiger partial charge on any atom is 0.233 e. The molecule has 0 aliphatic rings. The first-order valence-corrected chi connectivity index (χ1v) is 6.11. The molecule has 7 heteroatoms. The number of oxime groups is 1. The number of nitrogens with two attached hydrogens (primary N) is 1. The molecule has 6 nitrogen and oxygen atoms in total. The Morgan fingerprint density at radius 3 is 2.53 bits per heavy atom. The summed E-state index contributed by atoms with van der Waals surface area (Å²) in [4.78, 5) is 11.6. The van der Waals surface area contributed by atoms with Crippen molar-refractivity contribution in [1.82, 2.24) is 5.32 Å². The molecule has 15 heavy (non-hydrogen) atoms. The van der Waals surface area contributed by atoms with Gasteiger partial charge >= 0.3 is 0 Å². The number of rotatable bonds is 5. The number of nitrogens with zero attached hydrogens (tertiary/aromatic N) is 1. The normalized spacial score (nSPS) is 14.7. The van der Waals surface area contributed by atoms with Gasteiger partial charge in [0.25, 0.3) is 0 Å². The Kier molecular flexibility index (Phi) is 5.27. The van der Waals surface area contributed by atoms with Crippen molar-refractivity contribution >= 4 is 22.5 Å². The van der Waals surface area contributed by atoms with Crippen LogP contribution in [0.4, 0.5) is 0 Å². The third-order valence-electron chi connectivity index (χ3n) is 1.99. The van der Waals surface area contributed by atoms with Crippen molar-refractivity contribution in [1.29, 1.82) is 0 Å². The molecule has 0 saturated heterocycles. The molecule has 1 amide bonds. The van der Waals surface area contributed by atoms with Crippen molar-refractivity contribution in [3.63, 3.8) is 0 Å². The number of amidine groups is 1. The van der Waals surface area contributed by atoms with Crippen molar-refractivity contribution in [3.05, 3.63) is 0 Å². The lowest BCUT2D eigenvalue weighted by Gasteiger charge is -2.21. The summed E-state index contributed by atoms with van der Waals surface area (Å²) in [6.45, 7) is 3.39. The quantitative estimate of drug-likeness (QED) is 0.252. The van der Waals surface area contributed by atoms with Crippen LogP contribution in [0.2, 0.25) is 0 Å². The van der Waals surface area contributed by atoms with Gasteiger partial charge in [-0.3, -0.25) is 9.00 Å². The number of carbonyl (C=O) groups is 1. The molecule has 88 valence electrons. The van der Waals surface area contributed by atoms with Crippen molar-refractivity contribution in [2.24, 2.45) is 16.3 Å². The second kappa shape index (κ2) is 5.69. The van der Waals surface area contributed by atoms with Crippen molar-refractivity contribution in [2.45, 2.75) is 13.8 Å². The lowest BCUT2D eigenvalue weighted by Crippen LogP contribution is -2.46. The minimum Gasteiger partial charge on any atom is -0.409 e. The van der Waals surface area contributed by atoms with Crippen LogP contribution in [0.5, 0.6) is 0 Å². The van der Waals surface area contributed by atoms with Gasteiger partial charge in [-0.2, -0.15) is 0 Å². The first-order valence-electron chi connectivity index (χ1n) is 4.38. The van der Waals surface area contributed by atoms with Crippen molar-refractivity contribution in [3.8, 4) is 0 Å². The summed E-state index contributed by atoms with van der Waals surface area (Å²) in [6.07, 6.45) is 1.56. The van der Waals surface area contributed by atoms with Gasteiger partial charge in [-0.25, -0.2) is 0 Å². The smallest absolute Gasteiger partial charge is 0.233 e. The zero-order chi connectivity index (χ0) is 12.1. The minimum atomic E-state index is -1.07.